The smallest absolute Gasteiger partial charge is 0.267 e. The van der Waals surface area contributed by atoms with E-state index in [0.29, 0.717) is 18.0 Å². The van der Waals surface area contributed by atoms with Crippen molar-refractivity contribution >= 4 is 5.91 Å². The van der Waals surface area contributed by atoms with Gasteiger partial charge < -0.3 is 14.5 Å². The van der Waals surface area contributed by atoms with Gasteiger partial charge in [0.25, 0.3) is 5.56 Å². The molecule has 0 aliphatic carbocycles. The van der Waals surface area contributed by atoms with E-state index in [-0.39, 0.29) is 24.1 Å². The van der Waals surface area contributed by atoms with E-state index in [9.17, 15) is 9.59 Å². The van der Waals surface area contributed by atoms with E-state index < -0.39 is 0 Å². The maximum atomic E-state index is 11.9. The molecule has 0 aromatic carbocycles. The molecule has 1 aliphatic rings. The number of ether oxygens (including phenoxy) is 1. The van der Waals surface area contributed by atoms with Crippen LogP contribution in [0.2, 0.25) is 0 Å². The predicted octanol–water partition coefficient (Wildman–Crippen LogP) is 0.798. The van der Waals surface area contributed by atoms with Gasteiger partial charge in [0.1, 0.15) is 12.2 Å². The van der Waals surface area contributed by atoms with Crippen molar-refractivity contribution in [3.05, 3.63) is 40.9 Å². The highest BCUT2D eigenvalue weighted by Crippen LogP contribution is 2.15. The Morgan fingerprint density at radius 1 is 1.41 bits per heavy atom. The third-order valence-corrected chi connectivity index (χ3v) is 3.48. The highest BCUT2D eigenvalue weighted by Gasteiger charge is 2.16. The van der Waals surface area contributed by atoms with Gasteiger partial charge in [-0.1, -0.05) is 0 Å². The van der Waals surface area contributed by atoms with Crippen LogP contribution in [0.15, 0.2) is 39.7 Å². The number of carbonyl (C=O) groups is 1. The molecule has 2 aromatic heterocycles. The summed E-state index contributed by atoms with van der Waals surface area (Å²) in [6.45, 7) is 1.08. The molecule has 3 rings (SSSR count). The largest absolute Gasteiger partial charge is 0.463 e. The van der Waals surface area contributed by atoms with Gasteiger partial charge in [-0.15, -0.1) is 0 Å². The van der Waals surface area contributed by atoms with E-state index in [1.54, 1.807) is 18.2 Å². The van der Waals surface area contributed by atoms with Crippen molar-refractivity contribution in [3.63, 3.8) is 0 Å². The molecule has 1 atom stereocenters. The summed E-state index contributed by atoms with van der Waals surface area (Å²) in [5, 5.41) is 6.92. The van der Waals surface area contributed by atoms with Crippen LogP contribution in [0.25, 0.3) is 11.5 Å². The second-order valence-corrected chi connectivity index (χ2v) is 5.13. The van der Waals surface area contributed by atoms with Crippen molar-refractivity contribution in [3.8, 4) is 11.5 Å². The summed E-state index contributed by atoms with van der Waals surface area (Å²) in [7, 11) is 0. The Hall–Kier alpha value is -2.41. The zero-order valence-corrected chi connectivity index (χ0v) is 12.0. The molecule has 1 saturated heterocycles. The quantitative estimate of drug-likeness (QED) is 0.883. The minimum atomic E-state index is -0.331. The van der Waals surface area contributed by atoms with Gasteiger partial charge in [-0.25, -0.2) is 4.68 Å². The Morgan fingerprint density at radius 2 is 2.32 bits per heavy atom. The molecule has 1 N–H and O–H groups in total. The Morgan fingerprint density at radius 3 is 3.05 bits per heavy atom. The van der Waals surface area contributed by atoms with Gasteiger partial charge in [0.05, 0.1) is 12.4 Å². The third kappa shape index (κ3) is 3.43. The number of furan rings is 1. The van der Waals surface area contributed by atoms with Crippen LogP contribution in [-0.4, -0.2) is 34.9 Å². The van der Waals surface area contributed by atoms with Gasteiger partial charge in [-0.05, 0) is 31.0 Å². The first kappa shape index (κ1) is 14.5. The highest BCUT2D eigenvalue weighted by atomic mass is 16.5. The molecule has 1 aliphatic heterocycles. The van der Waals surface area contributed by atoms with Crippen LogP contribution in [0, 0.1) is 0 Å². The lowest BCUT2D eigenvalue weighted by molar-refractivity contribution is -0.122. The van der Waals surface area contributed by atoms with Gasteiger partial charge >= 0.3 is 0 Å². The third-order valence-electron chi connectivity index (χ3n) is 3.48. The molecule has 7 heteroatoms. The molecule has 0 saturated carbocycles. The van der Waals surface area contributed by atoms with Gasteiger partial charge in [0.15, 0.2) is 5.76 Å². The molecule has 7 nitrogen and oxygen atoms in total. The van der Waals surface area contributed by atoms with E-state index >= 15 is 0 Å². The molecular formula is C15H17N3O4. The van der Waals surface area contributed by atoms with Crippen molar-refractivity contribution in [1.29, 1.82) is 0 Å². The normalized spacial score (nSPS) is 17.5. The molecular weight excluding hydrogens is 286 g/mol. The van der Waals surface area contributed by atoms with E-state index in [2.05, 4.69) is 10.4 Å². The fourth-order valence-corrected chi connectivity index (χ4v) is 2.34. The van der Waals surface area contributed by atoms with Crippen molar-refractivity contribution in [1.82, 2.24) is 15.1 Å². The van der Waals surface area contributed by atoms with Crippen molar-refractivity contribution < 1.29 is 13.9 Å². The Labute approximate surface area is 126 Å². The van der Waals surface area contributed by atoms with E-state index in [1.807, 2.05) is 0 Å². The van der Waals surface area contributed by atoms with Crippen molar-refractivity contribution in [2.75, 3.05) is 13.2 Å². The summed E-state index contributed by atoms with van der Waals surface area (Å²) in [5.41, 5.74) is 0.180. The Bertz CT molecular complexity index is 687. The van der Waals surface area contributed by atoms with E-state index in [4.69, 9.17) is 9.15 Å². The van der Waals surface area contributed by atoms with Crippen LogP contribution in [0.1, 0.15) is 12.8 Å². The average Bonchev–Trinajstić information content (AvgIpc) is 3.21. The van der Waals surface area contributed by atoms with Crippen LogP contribution in [0.5, 0.6) is 0 Å². The molecule has 0 radical (unpaired) electrons. The molecule has 116 valence electrons. The van der Waals surface area contributed by atoms with Crippen LogP contribution in [0.3, 0.4) is 0 Å². The first-order valence-corrected chi connectivity index (χ1v) is 7.23. The summed E-state index contributed by atoms with van der Waals surface area (Å²) in [5.74, 6) is 0.287. The number of carbonyl (C=O) groups excluding carboxylic acids is 1. The summed E-state index contributed by atoms with van der Waals surface area (Å²) >= 11 is 0. The van der Waals surface area contributed by atoms with E-state index in [0.717, 1.165) is 24.1 Å². The van der Waals surface area contributed by atoms with Crippen LogP contribution < -0.4 is 10.9 Å². The zero-order chi connectivity index (χ0) is 15.4. The fraction of sp³-hybridized carbons (Fsp3) is 0.400. The van der Waals surface area contributed by atoms with Crippen molar-refractivity contribution in [2.45, 2.75) is 25.5 Å². The minimum absolute atomic E-state index is 0.0723. The minimum Gasteiger partial charge on any atom is -0.463 e. The van der Waals surface area contributed by atoms with Crippen LogP contribution in [-0.2, 0) is 16.1 Å². The maximum Gasteiger partial charge on any atom is 0.267 e. The fourth-order valence-electron chi connectivity index (χ4n) is 2.34. The molecule has 0 spiro atoms. The lowest BCUT2D eigenvalue weighted by Gasteiger charge is -2.11. The first-order valence-electron chi connectivity index (χ1n) is 7.23. The predicted molar refractivity (Wildman–Crippen MR) is 78.2 cm³/mol. The molecule has 1 unspecified atom stereocenters. The SMILES string of the molecule is O=C(Cn1nc(-c2ccco2)ccc1=O)NCC1CCCO1. The molecule has 1 amide bonds. The number of nitrogens with one attached hydrogen (secondary N) is 1. The van der Waals surface area contributed by atoms with Gasteiger partial charge in [-0.2, -0.15) is 5.10 Å². The second kappa shape index (κ2) is 6.57. The summed E-state index contributed by atoms with van der Waals surface area (Å²) in [6, 6.07) is 6.43. The number of hydrogen-bond donors (Lipinski definition) is 1. The first-order chi connectivity index (χ1) is 10.7. The lowest BCUT2D eigenvalue weighted by atomic mass is 10.2. The Kier molecular flexibility index (Phi) is 4.34. The lowest BCUT2D eigenvalue weighted by Crippen LogP contribution is -2.37. The molecule has 2 aromatic rings. The molecule has 22 heavy (non-hydrogen) atoms. The number of rotatable bonds is 5. The zero-order valence-electron chi connectivity index (χ0n) is 12.0. The second-order valence-electron chi connectivity index (χ2n) is 5.13. The monoisotopic (exact) mass is 303 g/mol. The van der Waals surface area contributed by atoms with Gasteiger partial charge in [0.2, 0.25) is 5.91 Å². The van der Waals surface area contributed by atoms with E-state index in [1.165, 1.54) is 12.3 Å². The van der Waals surface area contributed by atoms with Crippen molar-refractivity contribution in [2.24, 2.45) is 0 Å². The standard InChI is InChI=1S/C15H17N3O4/c19-14(16-9-11-3-1-7-21-11)10-18-15(20)6-5-12(17-18)13-4-2-8-22-13/h2,4-6,8,11H,1,3,7,9-10H2,(H,16,19). The van der Waals surface area contributed by atoms with Gasteiger partial charge in [-0.3, -0.25) is 9.59 Å². The summed E-state index contributed by atoms with van der Waals surface area (Å²) < 4.78 is 11.8. The number of aromatic nitrogens is 2. The number of amides is 1. The number of nitrogens with zero attached hydrogens (tertiary/aromatic N) is 2. The van der Waals surface area contributed by atoms with Crippen LogP contribution >= 0.6 is 0 Å². The molecule has 0 bridgehead atoms. The molecule has 3 heterocycles. The Balaban J connectivity index is 1.64. The van der Waals surface area contributed by atoms with Gasteiger partial charge in [0, 0.05) is 19.2 Å². The highest BCUT2D eigenvalue weighted by molar-refractivity contribution is 5.75. The number of hydrogen-bond acceptors (Lipinski definition) is 5. The van der Waals surface area contributed by atoms with Crippen LogP contribution in [0.4, 0.5) is 0 Å². The maximum absolute atomic E-state index is 11.9. The topological polar surface area (TPSA) is 86.4 Å². The summed E-state index contributed by atoms with van der Waals surface area (Å²) in [4.78, 5) is 23.7. The average molecular weight is 303 g/mol. The summed E-state index contributed by atoms with van der Waals surface area (Å²) in [6.07, 6.45) is 3.57. The molecule has 1 fully saturated rings.